The molecule has 110 valence electrons. The number of carboxylic acids is 1. The van der Waals surface area contributed by atoms with Gasteiger partial charge in [-0.15, -0.1) is 11.3 Å². The molecular weight excluding hydrogens is 290 g/mol. The van der Waals surface area contributed by atoms with Crippen molar-refractivity contribution in [1.82, 2.24) is 5.32 Å². The smallest absolute Gasteiger partial charge is 0.349 e. The molecule has 5 nitrogen and oxygen atoms in total. The van der Waals surface area contributed by atoms with E-state index in [0.29, 0.717) is 6.54 Å². The molecule has 1 aromatic carbocycles. The highest BCUT2D eigenvalue weighted by Crippen LogP contribution is 2.24. The minimum Gasteiger partial charge on any atom is -0.482 e. The van der Waals surface area contributed by atoms with Crippen LogP contribution in [0.1, 0.15) is 15.2 Å². The molecule has 2 rings (SSSR count). The van der Waals surface area contributed by atoms with Crippen LogP contribution in [0.3, 0.4) is 0 Å². The van der Waals surface area contributed by atoms with Crippen LogP contribution in [0, 0.1) is 0 Å². The quantitative estimate of drug-likeness (QED) is 0.822. The molecule has 0 aliphatic rings. The first-order chi connectivity index (χ1) is 10.2. The molecule has 0 spiro atoms. The zero-order chi connectivity index (χ0) is 15.1. The number of ether oxygens (including phenoxy) is 1. The number of carboxylic acid groups (broad SMARTS) is 1. The second kappa shape index (κ2) is 7.44. The fraction of sp³-hybridized carbons (Fsp3) is 0.200. The highest BCUT2D eigenvalue weighted by molar-refractivity contribution is 7.12. The van der Waals surface area contributed by atoms with Crippen LogP contribution in [-0.4, -0.2) is 30.1 Å². The normalized spacial score (nSPS) is 10.1. The van der Waals surface area contributed by atoms with E-state index in [0.717, 1.165) is 23.3 Å². The second-order valence-electron chi connectivity index (χ2n) is 4.29. The molecule has 0 bridgehead atoms. The van der Waals surface area contributed by atoms with Crippen LogP contribution in [0.25, 0.3) is 0 Å². The number of carbonyl (C=O) groups is 2. The number of amides is 1. The van der Waals surface area contributed by atoms with Gasteiger partial charge in [-0.2, -0.15) is 0 Å². The van der Waals surface area contributed by atoms with Crippen molar-refractivity contribution in [3.8, 4) is 5.75 Å². The highest BCUT2D eigenvalue weighted by Gasteiger charge is 2.13. The lowest BCUT2D eigenvalue weighted by Crippen LogP contribution is -2.30. The number of thiophene rings is 1. The molecule has 0 unspecified atom stereocenters. The Morgan fingerprint density at radius 1 is 1.19 bits per heavy atom. The van der Waals surface area contributed by atoms with E-state index in [9.17, 15) is 9.59 Å². The average Bonchev–Trinajstić information content (AvgIpc) is 2.95. The Morgan fingerprint density at radius 2 is 1.95 bits per heavy atom. The summed E-state index contributed by atoms with van der Waals surface area (Å²) in [5.74, 6) is -1.09. The van der Waals surface area contributed by atoms with Crippen molar-refractivity contribution in [3.63, 3.8) is 0 Å². The Balaban J connectivity index is 1.72. The molecule has 0 saturated carbocycles. The van der Waals surface area contributed by atoms with Gasteiger partial charge in [-0.3, -0.25) is 4.79 Å². The van der Waals surface area contributed by atoms with Gasteiger partial charge in [0.2, 0.25) is 0 Å². The third-order valence-electron chi connectivity index (χ3n) is 2.76. The van der Waals surface area contributed by atoms with Crippen molar-refractivity contribution in [3.05, 3.63) is 52.2 Å². The number of aromatic carboxylic acids is 1. The van der Waals surface area contributed by atoms with Gasteiger partial charge >= 0.3 is 5.97 Å². The van der Waals surface area contributed by atoms with E-state index in [1.807, 2.05) is 30.3 Å². The van der Waals surface area contributed by atoms with Crippen LogP contribution in [0.15, 0.2) is 41.8 Å². The summed E-state index contributed by atoms with van der Waals surface area (Å²) >= 11 is 1.07. The van der Waals surface area contributed by atoms with E-state index >= 15 is 0 Å². The van der Waals surface area contributed by atoms with Gasteiger partial charge < -0.3 is 15.2 Å². The maximum Gasteiger partial charge on any atom is 0.349 e. The van der Waals surface area contributed by atoms with Gasteiger partial charge in [0.05, 0.1) is 0 Å². The van der Waals surface area contributed by atoms with Crippen LogP contribution in [0.2, 0.25) is 0 Å². The summed E-state index contributed by atoms with van der Waals surface area (Å²) in [7, 11) is 0. The first-order valence-corrected chi connectivity index (χ1v) is 7.29. The maximum absolute atomic E-state index is 11.6. The summed E-state index contributed by atoms with van der Waals surface area (Å²) < 4.78 is 5.22. The summed E-state index contributed by atoms with van der Waals surface area (Å²) in [5.41, 5.74) is 1.14. The molecule has 0 aliphatic carbocycles. The lowest BCUT2D eigenvalue weighted by Gasteiger charge is -2.07. The summed E-state index contributed by atoms with van der Waals surface area (Å²) in [6, 6.07) is 11.4. The van der Waals surface area contributed by atoms with Crippen LogP contribution < -0.4 is 10.1 Å². The van der Waals surface area contributed by atoms with Crippen molar-refractivity contribution in [2.45, 2.75) is 6.42 Å². The van der Waals surface area contributed by atoms with Gasteiger partial charge in [-0.25, -0.2) is 4.79 Å². The Kier molecular flexibility index (Phi) is 5.34. The number of carbonyl (C=O) groups excluding carboxylic acids is 1. The van der Waals surface area contributed by atoms with E-state index in [1.165, 1.54) is 0 Å². The predicted octanol–water partition coefficient (Wildman–Crippen LogP) is 2.18. The number of benzene rings is 1. The van der Waals surface area contributed by atoms with Gasteiger partial charge in [0.25, 0.3) is 5.91 Å². The molecule has 1 heterocycles. The summed E-state index contributed by atoms with van der Waals surface area (Å²) in [5, 5.41) is 13.3. The van der Waals surface area contributed by atoms with E-state index in [1.54, 1.807) is 11.4 Å². The molecule has 21 heavy (non-hydrogen) atoms. The summed E-state index contributed by atoms with van der Waals surface area (Å²) in [4.78, 5) is 22.6. The van der Waals surface area contributed by atoms with Gasteiger partial charge in [0, 0.05) is 6.54 Å². The van der Waals surface area contributed by atoms with E-state index in [4.69, 9.17) is 9.84 Å². The minimum absolute atomic E-state index is 0.104. The third-order valence-corrected chi connectivity index (χ3v) is 3.64. The average molecular weight is 305 g/mol. The number of nitrogens with one attached hydrogen (secondary N) is 1. The molecule has 0 fully saturated rings. The molecule has 1 amide bonds. The number of rotatable bonds is 7. The fourth-order valence-corrected chi connectivity index (χ4v) is 2.42. The van der Waals surface area contributed by atoms with Crippen LogP contribution in [-0.2, 0) is 11.2 Å². The molecule has 2 aromatic rings. The minimum atomic E-state index is -1.05. The molecular formula is C15H15NO4S. The maximum atomic E-state index is 11.6. The third kappa shape index (κ3) is 4.61. The van der Waals surface area contributed by atoms with Crippen molar-refractivity contribution in [2.24, 2.45) is 0 Å². The lowest BCUT2D eigenvalue weighted by molar-refractivity contribution is -0.123. The van der Waals surface area contributed by atoms with E-state index < -0.39 is 5.97 Å². The standard InChI is InChI=1S/C15H15NO4S/c17-13(16-8-6-11-4-2-1-3-5-11)10-20-12-7-9-21-14(12)15(18)19/h1-5,7,9H,6,8,10H2,(H,16,17)(H,18,19). The fourth-order valence-electron chi connectivity index (χ4n) is 1.75. The topological polar surface area (TPSA) is 75.6 Å². The van der Waals surface area contributed by atoms with Gasteiger partial charge in [0.1, 0.15) is 5.75 Å². The van der Waals surface area contributed by atoms with Crippen molar-refractivity contribution < 1.29 is 19.4 Å². The first kappa shape index (κ1) is 15.1. The molecule has 0 atom stereocenters. The SMILES string of the molecule is O=C(COc1ccsc1C(=O)O)NCCc1ccccc1. The lowest BCUT2D eigenvalue weighted by atomic mass is 10.1. The van der Waals surface area contributed by atoms with Crippen molar-refractivity contribution >= 4 is 23.2 Å². The van der Waals surface area contributed by atoms with Gasteiger partial charge in [0.15, 0.2) is 11.5 Å². The number of hydrogen-bond donors (Lipinski definition) is 2. The van der Waals surface area contributed by atoms with Crippen molar-refractivity contribution in [1.29, 1.82) is 0 Å². The molecule has 2 N–H and O–H groups in total. The zero-order valence-corrected chi connectivity index (χ0v) is 12.1. The Bertz CT molecular complexity index is 609. The summed E-state index contributed by atoms with van der Waals surface area (Å²) in [6.07, 6.45) is 0.741. The molecule has 0 aliphatic heterocycles. The van der Waals surface area contributed by atoms with E-state index in [2.05, 4.69) is 5.32 Å². The Labute approximate surface area is 126 Å². The monoisotopic (exact) mass is 305 g/mol. The second-order valence-corrected chi connectivity index (χ2v) is 5.21. The van der Waals surface area contributed by atoms with Crippen LogP contribution >= 0.6 is 11.3 Å². The molecule has 6 heteroatoms. The first-order valence-electron chi connectivity index (χ1n) is 6.41. The largest absolute Gasteiger partial charge is 0.482 e. The highest BCUT2D eigenvalue weighted by atomic mass is 32.1. The molecule has 1 aromatic heterocycles. The van der Waals surface area contributed by atoms with Crippen molar-refractivity contribution in [2.75, 3.05) is 13.2 Å². The Hall–Kier alpha value is -2.34. The summed E-state index contributed by atoms with van der Waals surface area (Å²) in [6.45, 7) is 0.327. The molecule has 0 radical (unpaired) electrons. The predicted molar refractivity (Wildman–Crippen MR) is 79.9 cm³/mol. The van der Waals surface area contributed by atoms with Gasteiger partial charge in [-0.05, 0) is 23.4 Å². The molecule has 0 saturated heterocycles. The zero-order valence-electron chi connectivity index (χ0n) is 11.2. The van der Waals surface area contributed by atoms with Crippen LogP contribution in [0.5, 0.6) is 5.75 Å². The Morgan fingerprint density at radius 3 is 2.67 bits per heavy atom. The van der Waals surface area contributed by atoms with Gasteiger partial charge in [-0.1, -0.05) is 30.3 Å². The van der Waals surface area contributed by atoms with E-state index in [-0.39, 0.29) is 23.1 Å². The number of hydrogen-bond acceptors (Lipinski definition) is 4. The van der Waals surface area contributed by atoms with Crippen LogP contribution in [0.4, 0.5) is 0 Å².